The van der Waals surface area contributed by atoms with Gasteiger partial charge in [0.15, 0.2) is 0 Å². The molecular weight excluding hydrogens is 204 g/mol. The van der Waals surface area contributed by atoms with Gasteiger partial charge in [-0.3, -0.25) is 4.90 Å². The van der Waals surface area contributed by atoms with Crippen molar-refractivity contribution in [1.29, 1.82) is 0 Å². The molecule has 1 aliphatic carbocycles. The second kappa shape index (κ2) is 5.45. The van der Waals surface area contributed by atoms with Crippen LogP contribution in [0.1, 0.15) is 19.8 Å². The van der Waals surface area contributed by atoms with Crippen LogP contribution in [0.5, 0.6) is 0 Å². The molecule has 16 heavy (non-hydrogen) atoms. The fourth-order valence-corrected chi connectivity index (χ4v) is 2.67. The van der Waals surface area contributed by atoms with Gasteiger partial charge in [-0.15, -0.1) is 0 Å². The zero-order valence-corrected chi connectivity index (χ0v) is 10.4. The molecule has 94 valence electrons. The molecule has 2 fully saturated rings. The van der Waals surface area contributed by atoms with E-state index < -0.39 is 0 Å². The third-order valence-corrected chi connectivity index (χ3v) is 3.97. The number of aliphatic hydroxyl groups excluding tert-OH is 1. The molecule has 2 aliphatic rings. The molecule has 0 aromatic rings. The summed E-state index contributed by atoms with van der Waals surface area (Å²) >= 11 is 0. The van der Waals surface area contributed by atoms with E-state index in [0.717, 1.165) is 45.7 Å². The van der Waals surface area contributed by atoms with Gasteiger partial charge >= 0.3 is 0 Å². The molecule has 4 heteroatoms. The normalized spacial score (nSPS) is 36.4. The monoisotopic (exact) mass is 228 g/mol. The molecule has 4 nitrogen and oxygen atoms in total. The van der Waals surface area contributed by atoms with Crippen molar-refractivity contribution in [2.45, 2.75) is 38.0 Å². The van der Waals surface area contributed by atoms with Gasteiger partial charge in [0.2, 0.25) is 0 Å². The molecule has 0 aromatic heterocycles. The van der Waals surface area contributed by atoms with E-state index in [4.69, 9.17) is 4.74 Å². The molecule has 1 saturated heterocycles. The Balaban J connectivity index is 1.78. The minimum absolute atomic E-state index is 0.0580. The Bertz CT molecular complexity index is 219. The largest absolute Gasteiger partial charge is 0.393 e. The maximum atomic E-state index is 9.31. The van der Waals surface area contributed by atoms with Gasteiger partial charge in [0, 0.05) is 25.2 Å². The SMILES string of the molecule is CCN1CCOC[C@H]1CN(C)C1CC(O)C1. The Labute approximate surface area is 98.2 Å². The molecule has 1 heterocycles. The van der Waals surface area contributed by atoms with Crippen molar-refractivity contribution in [1.82, 2.24) is 9.80 Å². The van der Waals surface area contributed by atoms with Crippen LogP contribution in [0.25, 0.3) is 0 Å². The lowest BCUT2D eigenvalue weighted by molar-refractivity contribution is -0.0384. The smallest absolute Gasteiger partial charge is 0.0634 e. The first-order valence-electron chi connectivity index (χ1n) is 6.40. The van der Waals surface area contributed by atoms with Crippen molar-refractivity contribution in [3.05, 3.63) is 0 Å². The van der Waals surface area contributed by atoms with Crippen molar-refractivity contribution in [3.8, 4) is 0 Å². The summed E-state index contributed by atoms with van der Waals surface area (Å²) in [7, 11) is 2.17. The first-order valence-corrected chi connectivity index (χ1v) is 6.40. The highest BCUT2D eigenvalue weighted by molar-refractivity contribution is 4.88. The highest BCUT2D eigenvalue weighted by Crippen LogP contribution is 2.25. The second-order valence-electron chi connectivity index (χ2n) is 5.08. The van der Waals surface area contributed by atoms with Crippen molar-refractivity contribution in [3.63, 3.8) is 0 Å². The Kier molecular flexibility index (Phi) is 4.19. The molecule has 0 bridgehead atoms. The van der Waals surface area contributed by atoms with E-state index in [2.05, 4.69) is 23.8 Å². The molecule has 1 saturated carbocycles. The summed E-state index contributed by atoms with van der Waals surface area (Å²) in [5, 5.41) is 9.31. The van der Waals surface area contributed by atoms with Crippen molar-refractivity contribution in [2.75, 3.05) is 39.9 Å². The van der Waals surface area contributed by atoms with E-state index in [1.54, 1.807) is 0 Å². The summed E-state index contributed by atoms with van der Waals surface area (Å²) in [6, 6.07) is 1.11. The van der Waals surface area contributed by atoms with Crippen LogP contribution < -0.4 is 0 Å². The Morgan fingerprint density at radius 1 is 1.44 bits per heavy atom. The van der Waals surface area contributed by atoms with Crippen molar-refractivity contribution in [2.24, 2.45) is 0 Å². The van der Waals surface area contributed by atoms with E-state index in [-0.39, 0.29) is 6.10 Å². The maximum absolute atomic E-state index is 9.31. The molecule has 0 unspecified atom stereocenters. The van der Waals surface area contributed by atoms with Crippen LogP contribution in [-0.4, -0.2) is 73.0 Å². The topological polar surface area (TPSA) is 35.9 Å². The zero-order chi connectivity index (χ0) is 11.5. The van der Waals surface area contributed by atoms with Crippen LogP contribution >= 0.6 is 0 Å². The van der Waals surface area contributed by atoms with Gasteiger partial charge in [0.05, 0.1) is 19.3 Å². The average Bonchev–Trinajstić information content (AvgIpc) is 2.25. The summed E-state index contributed by atoms with van der Waals surface area (Å²) in [6.07, 6.45) is 1.82. The standard InChI is InChI=1S/C12H24N2O2/c1-3-14-4-5-16-9-11(14)8-13(2)10-6-12(15)7-10/h10-12,15H,3-9H2,1-2H3/t10?,11-,12?/m1/s1. The lowest BCUT2D eigenvalue weighted by Crippen LogP contribution is -2.54. The second-order valence-corrected chi connectivity index (χ2v) is 5.08. The fourth-order valence-electron chi connectivity index (χ4n) is 2.67. The van der Waals surface area contributed by atoms with E-state index in [9.17, 15) is 5.11 Å². The zero-order valence-electron chi connectivity index (χ0n) is 10.4. The summed E-state index contributed by atoms with van der Waals surface area (Å²) in [5.74, 6) is 0. The summed E-state index contributed by atoms with van der Waals surface area (Å²) in [6.45, 7) is 7.16. The third kappa shape index (κ3) is 2.74. The number of ether oxygens (including phenoxy) is 1. The fraction of sp³-hybridized carbons (Fsp3) is 1.00. The third-order valence-electron chi connectivity index (χ3n) is 3.97. The van der Waals surface area contributed by atoms with E-state index >= 15 is 0 Å². The highest BCUT2D eigenvalue weighted by Gasteiger charge is 2.32. The maximum Gasteiger partial charge on any atom is 0.0634 e. The molecule has 2 rings (SSSR count). The number of hydrogen-bond acceptors (Lipinski definition) is 4. The lowest BCUT2D eigenvalue weighted by atomic mass is 9.88. The average molecular weight is 228 g/mol. The Morgan fingerprint density at radius 3 is 2.81 bits per heavy atom. The van der Waals surface area contributed by atoms with Crippen LogP contribution in [-0.2, 0) is 4.74 Å². The summed E-state index contributed by atoms with van der Waals surface area (Å²) in [5.41, 5.74) is 0. The number of aliphatic hydroxyl groups is 1. The molecule has 1 atom stereocenters. The van der Waals surface area contributed by atoms with Crippen LogP contribution in [0.15, 0.2) is 0 Å². The van der Waals surface area contributed by atoms with Gasteiger partial charge < -0.3 is 14.7 Å². The predicted molar refractivity (Wildman–Crippen MR) is 63.5 cm³/mol. The Hall–Kier alpha value is -0.160. The minimum atomic E-state index is -0.0580. The van der Waals surface area contributed by atoms with Gasteiger partial charge in [-0.1, -0.05) is 6.92 Å². The molecule has 0 radical (unpaired) electrons. The van der Waals surface area contributed by atoms with Crippen LogP contribution in [0, 0.1) is 0 Å². The first kappa shape index (κ1) is 12.3. The molecular formula is C12H24N2O2. The minimum Gasteiger partial charge on any atom is -0.393 e. The molecule has 1 aliphatic heterocycles. The number of nitrogens with zero attached hydrogens (tertiary/aromatic N) is 2. The van der Waals surface area contributed by atoms with E-state index in [1.165, 1.54) is 0 Å². The molecule has 0 amide bonds. The highest BCUT2D eigenvalue weighted by atomic mass is 16.5. The number of rotatable bonds is 4. The van der Waals surface area contributed by atoms with Gasteiger partial charge in [-0.2, -0.15) is 0 Å². The first-order chi connectivity index (χ1) is 7.70. The number of hydrogen-bond donors (Lipinski definition) is 1. The van der Waals surface area contributed by atoms with Gasteiger partial charge in [0.1, 0.15) is 0 Å². The molecule has 0 aromatic carbocycles. The van der Waals surface area contributed by atoms with E-state index in [1.807, 2.05) is 0 Å². The predicted octanol–water partition coefficient (Wildman–Crippen LogP) is 0.162. The van der Waals surface area contributed by atoms with Gasteiger partial charge in [-0.25, -0.2) is 0 Å². The summed E-state index contributed by atoms with van der Waals surface area (Å²) in [4.78, 5) is 4.88. The summed E-state index contributed by atoms with van der Waals surface area (Å²) < 4.78 is 5.55. The lowest BCUT2D eigenvalue weighted by Gasteiger charge is -2.43. The molecule has 1 N–H and O–H groups in total. The van der Waals surface area contributed by atoms with Crippen LogP contribution in [0.4, 0.5) is 0 Å². The van der Waals surface area contributed by atoms with E-state index in [0.29, 0.717) is 12.1 Å². The van der Waals surface area contributed by atoms with Crippen LogP contribution in [0.2, 0.25) is 0 Å². The van der Waals surface area contributed by atoms with Gasteiger partial charge in [0.25, 0.3) is 0 Å². The van der Waals surface area contributed by atoms with Crippen molar-refractivity contribution >= 4 is 0 Å². The quantitative estimate of drug-likeness (QED) is 0.744. The van der Waals surface area contributed by atoms with Crippen molar-refractivity contribution < 1.29 is 9.84 Å². The van der Waals surface area contributed by atoms with Gasteiger partial charge in [-0.05, 0) is 26.4 Å². The Morgan fingerprint density at radius 2 is 2.19 bits per heavy atom. The number of morpholine rings is 1. The van der Waals surface area contributed by atoms with Crippen LogP contribution in [0.3, 0.4) is 0 Å². The number of likely N-dealkylation sites (N-methyl/N-ethyl adjacent to an activating group) is 2. The molecule has 0 spiro atoms.